The van der Waals surface area contributed by atoms with Gasteiger partial charge in [0.15, 0.2) is 0 Å². The average molecular weight is 258 g/mol. The highest BCUT2D eigenvalue weighted by Gasteiger charge is 2.24. The molecule has 0 aliphatic heterocycles. The predicted molar refractivity (Wildman–Crippen MR) is 58.8 cm³/mol. The molecule has 0 spiro atoms. The molecular weight excluding hydrogens is 248 g/mol. The number of carboxylic acids is 1. The van der Waals surface area contributed by atoms with E-state index in [0.29, 0.717) is 0 Å². The molecule has 0 aliphatic carbocycles. The fourth-order valence-electron chi connectivity index (χ4n) is 1.13. The number of hydrogen-bond donors (Lipinski definition) is 3. The van der Waals surface area contributed by atoms with Gasteiger partial charge in [-0.25, -0.2) is 9.78 Å². The molecule has 0 saturated heterocycles. The number of aromatic nitrogens is 1. The number of azide groups is 1. The zero-order chi connectivity index (χ0) is 13.0. The summed E-state index contributed by atoms with van der Waals surface area (Å²) in [4.78, 5) is 17.1. The van der Waals surface area contributed by atoms with E-state index in [4.69, 9.17) is 10.6 Å². The van der Waals surface area contributed by atoms with E-state index < -0.39 is 18.2 Å². The summed E-state index contributed by atoms with van der Waals surface area (Å²) in [6, 6.07) is 0. The van der Waals surface area contributed by atoms with Gasteiger partial charge >= 0.3 is 5.97 Å². The van der Waals surface area contributed by atoms with Crippen molar-refractivity contribution in [2.45, 2.75) is 19.1 Å². The number of carbonyl (C=O) groups is 1. The number of nitrogens with zero attached hydrogens (tertiary/aromatic N) is 4. The van der Waals surface area contributed by atoms with E-state index in [-0.39, 0.29) is 22.1 Å². The zero-order valence-electron chi connectivity index (χ0n) is 8.81. The predicted octanol–water partition coefficient (Wildman–Crippen LogP) is 0.854. The smallest absolute Gasteiger partial charge is 0.347 e. The number of aryl methyl sites for hydroxylation is 1. The Labute approximate surface area is 99.8 Å². The van der Waals surface area contributed by atoms with Crippen molar-refractivity contribution in [1.29, 1.82) is 0 Å². The molecule has 17 heavy (non-hydrogen) atoms. The van der Waals surface area contributed by atoms with Crippen LogP contribution in [0.25, 0.3) is 10.4 Å². The van der Waals surface area contributed by atoms with Gasteiger partial charge in [-0.3, -0.25) is 0 Å². The monoisotopic (exact) mass is 258 g/mol. The molecule has 2 unspecified atom stereocenters. The van der Waals surface area contributed by atoms with Crippen molar-refractivity contribution in [3.05, 3.63) is 26.0 Å². The molecule has 0 amide bonds. The lowest BCUT2D eigenvalue weighted by Crippen LogP contribution is -2.20. The standard InChI is InChI=1S/C8H10N4O4S/c1-3-6(8(15)16)17-7(11-3)5(14)4(13)2-10-12-9/h4-5,13-14H,2H2,1H3,(H,15,16). The van der Waals surface area contributed by atoms with Crippen molar-refractivity contribution in [3.63, 3.8) is 0 Å². The maximum absolute atomic E-state index is 10.8. The number of thiazole rings is 1. The molecule has 9 heteroatoms. The highest BCUT2D eigenvalue weighted by Crippen LogP contribution is 2.25. The lowest BCUT2D eigenvalue weighted by Gasteiger charge is -2.12. The molecule has 0 saturated carbocycles. The number of aliphatic hydroxyl groups excluding tert-OH is 2. The Kier molecular flexibility index (Phi) is 4.41. The van der Waals surface area contributed by atoms with E-state index in [1.165, 1.54) is 6.92 Å². The van der Waals surface area contributed by atoms with Gasteiger partial charge in [0.1, 0.15) is 16.0 Å². The summed E-state index contributed by atoms with van der Waals surface area (Å²) in [6.07, 6.45) is -2.67. The molecule has 0 aromatic carbocycles. The molecule has 2 atom stereocenters. The molecule has 92 valence electrons. The first-order chi connectivity index (χ1) is 7.97. The van der Waals surface area contributed by atoms with E-state index in [9.17, 15) is 15.0 Å². The lowest BCUT2D eigenvalue weighted by atomic mass is 10.2. The molecule has 0 bridgehead atoms. The normalized spacial score (nSPS) is 13.8. The van der Waals surface area contributed by atoms with Crippen molar-refractivity contribution >= 4 is 17.3 Å². The van der Waals surface area contributed by atoms with Crippen molar-refractivity contribution in [3.8, 4) is 0 Å². The first-order valence-corrected chi connectivity index (χ1v) is 5.36. The third kappa shape index (κ3) is 3.14. The SMILES string of the molecule is Cc1nc(C(O)C(O)CN=[N+]=[N-])sc1C(=O)O. The van der Waals surface area contributed by atoms with Crippen molar-refractivity contribution in [1.82, 2.24) is 4.98 Å². The summed E-state index contributed by atoms with van der Waals surface area (Å²) in [5.74, 6) is -1.14. The van der Waals surface area contributed by atoms with Crippen molar-refractivity contribution in [2.75, 3.05) is 6.54 Å². The van der Waals surface area contributed by atoms with Gasteiger partial charge in [0.25, 0.3) is 0 Å². The van der Waals surface area contributed by atoms with Crippen LogP contribution in [0.3, 0.4) is 0 Å². The van der Waals surface area contributed by atoms with Gasteiger partial charge < -0.3 is 15.3 Å². The molecule has 1 heterocycles. The molecular formula is C8H10N4O4S. The van der Waals surface area contributed by atoms with Gasteiger partial charge in [0, 0.05) is 4.91 Å². The number of aromatic carboxylic acids is 1. The van der Waals surface area contributed by atoms with E-state index in [0.717, 1.165) is 11.3 Å². The molecule has 1 aromatic heterocycles. The fraction of sp³-hybridized carbons (Fsp3) is 0.500. The Bertz CT molecular complexity index is 468. The van der Waals surface area contributed by atoms with Crippen LogP contribution in [0.5, 0.6) is 0 Å². The Morgan fingerprint density at radius 2 is 2.29 bits per heavy atom. The van der Waals surface area contributed by atoms with E-state index >= 15 is 0 Å². The summed E-state index contributed by atoms with van der Waals surface area (Å²) in [5, 5.41) is 31.1. The molecule has 0 aliphatic rings. The first kappa shape index (κ1) is 13.4. The Morgan fingerprint density at radius 1 is 1.65 bits per heavy atom. The van der Waals surface area contributed by atoms with Gasteiger partial charge in [-0.2, -0.15) is 0 Å². The average Bonchev–Trinajstić information content (AvgIpc) is 2.67. The summed E-state index contributed by atoms with van der Waals surface area (Å²) >= 11 is 0.782. The van der Waals surface area contributed by atoms with Crippen LogP contribution >= 0.6 is 11.3 Å². The van der Waals surface area contributed by atoms with Crippen molar-refractivity contribution < 1.29 is 20.1 Å². The lowest BCUT2D eigenvalue weighted by molar-refractivity contribution is 0.0242. The third-order valence-electron chi connectivity index (χ3n) is 1.96. The van der Waals surface area contributed by atoms with E-state index in [2.05, 4.69) is 15.0 Å². The van der Waals surface area contributed by atoms with Crippen LogP contribution < -0.4 is 0 Å². The van der Waals surface area contributed by atoms with Crippen molar-refractivity contribution in [2.24, 2.45) is 5.11 Å². The van der Waals surface area contributed by atoms with E-state index in [1.54, 1.807) is 0 Å². The second-order valence-corrected chi connectivity index (χ2v) is 4.23. The highest BCUT2D eigenvalue weighted by atomic mass is 32.1. The zero-order valence-corrected chi connectivity index (χ0v) is 9.63. The molecule has 8 nitrogen and oxygen atoms in total. The van der Waals surface area contributed by atoms with Gasteiger partial charge in [-0.05, 0) is 12.5 Å². The minimum Gasteiger partial charge on any atom is -0.477 e. The van der Waals surface area contributed by atoms with Crippen LogP contribution in [-0.4, -0.2) is 38.9 Å². The summed E-state index contributed by atoms with van der Waals surface area (Å²) < 4.78 is 0. The maximum atomic E-state index is 10.8. The maximum Gasteiger partial charge on any atom is 0.347 e. The summed E-state index contributed by atoms with van der Waals surface area (Å²) in [6.45, 7) is 1.19. The second kappa shape index (κ2) is 5.60. The minimum atomic E-state index is -1.36. The van der Waals surface area contributed by atoms with Crippen LogP contribution in [0, 0.1) is 6.92 Å². The highest BCUT2D eigenvalue weighted by molar-refractivity contribution is 7.13. The Balaban J connectivity index is 2.89. The minimum absolute atomic E-state index is 0.00929. The third-order valence-corrected chi connectivity index (χ3v) is 3.17. The Morgan fingerprint density at radius 3 is 2.76 bits per heavy atom. The van der Waals surface area contributed by atoms with Crippen LogP contribution in [0.1, 0.15) is 26.5 Å². The fourth-order valence-corrected chi connectivity index (χ4v) is 2.08. The molecule has 1 aromatic rings. The number of carboxylic acid groups (broad SMARTS) is 1. The topological polar surface area (TPSA) is 139 Å². The number of rotatable bonds is 5. The molecule has 0 radical (unpaired) electrons. The molecule has 0 fully saturated rings. The van der Waals surface area contributed by atoms with Crippen LogP contribution in [-0.2, 0) is 0 Å². The number of hydrogen-bond acceptors (Lipinski definition) is 6. The first-order valence-electron chi connectivity index (χ1n) is 4.55. The number of aliphatic hydroxyl groups is 2. The van der Waals surface area contributed by atoms with Crippen LogP contribution in [0.2, 0.25) is 0 Å². The van der Waals surface area contributed by atoms with E-state index in [1.807, 2.05) is 0 Å². The van der Waals surface area contributed by atoms with Gasteiger partial charge in [-0.15, -0.1) is 11.3 Å². The van der Waals surface area contributed by atoms with Gasteiger partial charge in [0.2, 0.25) is 0 Å². The largest absolute Gasteiger partial charge is 0.477 e. The van der Waals surface area contributed by atoms with Crippen LogP contribution in [0.15, 0.2) is 5.11 Å². The Hall–Kier alpha value is -1.67. The molecule has 3 N–H and O–H groups in total. The molecule has 1 rings (SSSR count). The summed E-state index contributed by atoms with van der Waals surface area (Å²) in [7, 11) is 0. The van der Waals surface area contributed by atoms with Gasteiger partial charge in [-0.1, -0.05) is 5.11 Å². The van der Waals surface area contributed by atoms with Gasteiger partial charge in [0.05, 0.1) is 18.3 Å². The van der Waals surface area contributed by atoms with Crippen LogP contribution in [0.4, 0.5) is 0 Å². The quantitative estimate of drug-likeness (QED) is 0.408. The summed E-state index contributed by atoms with van der Waals surface area (Å²) in [5.41, 5.74) is 8.33. The second-order valence-electron chi connectivity index (χ2n) is 3.20.